The van der Waals surface area contributed by atoms with Crippen molar-refractivity contribution in [2.75, 3.05) is 24.8 Å². The molecule has 2 aliphatic rings. The largest absolute Gasteiger partial charge is 0.480 e. The molecule has 3 unspecified atom stereocenters. The summed E-state index contributed by atoms with van der Waals surface area (Å²) in [5.74, 6) is -2.03. The Morgan fingerprint density at radius 3 is 2.70 bits per heavy atom. The van der Waals surface area contributed by atoms with Gasteiger partial charge in [-0.15, -0.1) is 0 Å². The van der Waals surface area contributed by atoms with Crippen molar-refractivity contribution >= 4 is 29.4 Å². The van der Waals surface area contributed by atoms with Crippen LogP contribution in [0, 0.1) is 11.8 Å². The Morgan fingerprint density at radius 2 is 2.00 bits per heavy atom. The van der Waals surface area contributed by atoms with E-state index in [-0.39, 0.29) is 31.6 Å². The summed E-state index contributed by atoms with van der Waals surface area (Å²) in [7, 11) is 0. The van der Waals surface area contributed by atoms with E-state index in [2.05, 4.69) is 10.6 Å². The quantitative estimate of drug-likeness (QED) is 0.558. The second-order valence-corrected chi connectivity index (χ2v) is 7.43. The zero-order chi connectivity index (χ0) is 21.8. The number of rotatable bonds is 8. The number of benzene rings is 1. The normalized spacial score (nSPS) is 19.3. The number of hydrogen-bond acceptors (Lipinski definition) is 6. The summed E-state index contributed by atoms with van der Waals surface area (Å²) in [6, 6.07) is 4.26. The smallest absolute Gasteiger partial charge is 0.322 e. The summed E-state index contributed by atoms with van der Waals surface area (Å²) in [5, 5.41) is 13.8. The molecule has 2 aliphatic heterocycles. The fourth-order valence-electron chi connectivity index (χ4n) is 3.43. The molecule has 0 saturated carbocycles. The third-order valence-corrected chi connectivity index (χ3v) is 5.37. The van der Waals surface area contributed by atoms with Gasteiger partial charge in [-0.3, -0.25) is 19.2 Å². The van der Waals surface area contributed by atoms with Gasteiger partial charge in [-0.25, -0.2) is 0 Å². The number of amides is 3. The van der Waals surface area contributed by atoms with Crippen LogP contribution in [0.15, 0.2) is 18.2 Å². The van der Waals surface area contributed by atoms with Crippen LogP contribution in [0.3, 0.4) is 0 Å². The maximum absolute atomic E-state index is 12.8. The van der Waals surface area contributed by atoms with Gasteiger partial charge < -0.3 is 30.1 Å². The molecule has 1 saturated heterocycles. The molecule has 10 heteroatoms. The van der Waals surface area contributed by atoms with E-state index in [0.717, 1.165) is 0 Å². The Morgan fingerprint density at radius 1 is 1.27 bits per heavy atom. The van der Waals surface area contributed by atoms with Crippen molar-refractivity contribution in [1.82, 2.24) is 10.6 Å². The second-order valence-electron chi connectivity index (χ2n) is 7.43. The van der Waals surface area contributed by atoms with Crippen molar-refractivity contribution in [3.05, 3.63) is 18.2 Å². The number of carboxylic acids is 1. The maximum atomic E-state index is 12.8. The first-order chi connectivity index (χ1) is 14.3. The van der Waals surface area contributed by atoms with Gasteiger partial charge in [0.05, 0.1) is 5.92 Å². The number of anilines is 1. The van der Waals surface area contributed by atoms with E-state index in [4.69, 9.17) is 14.6 Å². The molecule has 0 spiro atoms. The minimum atomic E-state index is -1.17. The van der Waals surface area contributed by atoms with Crippen LogP contribution in [0.4, 0.5) is 5.69 Å². The number of nitrogens with zero attached hydrogens (tertiary/aromatic N) is 1. The van der Waals surface area contributed by atoms with Crippen LogP contribution >= 0.6 is 0 Å². The average molecular weight is 419 g/mol. The first kappa shape index (κ1) is 21.4. The Kier molecular flexibility index (Phi) is 6.43. The third-order valence-electron chi connectivity index (χ3n) is 5.37. The van der Waals surface area contributed by atoms with E-state index in [1.807, 2.05) is 6.92 Å². The number of carboxylic acid groups (broad SMARTS) is 1. The van der Waals surface area contributed by atoms with Gasteiger partial charge in [-0.1, -0.05) is 20.3 Å². The number of aliphatic carboxylic acids is 1. The van der Waals surface area contributed by atoms with Crippen molar-refractivity contribution in [3.8, 4) is 11.5 Å². The van der Waals surface area contributed by atoms with Crippen LogP contribution in [0.2, 0.25) is 0 Å². The third kappa shape index (κ3) is 4.64. The van der Waals surface area contributed by atoms with Crippen LogP contribution in [-0.2, 0) is 19.2 Å². The Hall–Kier alpha value is -3.30. The molecule has 0 aliphatic carbocycles. The molecular weight excluding hydrogens is 394 g/mol. The van der Waals surface area contributed by atoms with Crippen molar-refractivity contribution in [2.24, 2.45) is 11.8 Å². The number of nitrogens with one attached hydrogen (secondary N) is 2. The van der Waals surface area contributed by atoms with Gasteiger partial charge in [0.2, 0.25) is 24.5 Å². The highest BCUT2D eigenvalue weighted by atomic mass is 16.7. The van der Waals surface area contributed by atoms with Crippen molar-refractivity contribution in [1.29, 1.82) is 0 Å². The summed E-state index contributed by atoms with van der Waals surface area (Å²) >= 11 is 0. The Bertz CT molecular complexity index is 857. The fraction of sp³-hybridized carbons (Fsp3) is 0.500. The van der Waals surface area contributed by atoms with E-state index in [1.165, 1.54) is 4.90 Å². The summed E-state index contributed by atoms with van der Waals surface area (Å²) in [4.78, 5) is 49.9. The minimum absolute atomic E-state index is 0.0181. The van der Waals surface area contributed by atoms with Gasteiger partial charge in [0.1, 0.15) is 12.6 Å². The molecule has 0 aromatic heterocycles. The predicted octanol–water partition coefficient (Wildman–Crippen LogP) is 0.500. The molecule has 0 radical (unpaired) electrons. The molecule has 3 atom stereocenters. The van der Waals surface area contributed by atoms with Crippen LogP contribution in [0.5, 0.6) is 11.5 Å². The summed E-state index contributed by atoms with van der Waals surface area (Å²) < 4.78 is 10.6. The fourth-order valence-corrected chi connectivity index (χ4v) is 3.43. The van der Waals surface area contributed by atoms with Crippen molar-refractivity contribution in [2.45, 2.75) is 32.7 Å². The standard InChI is InChI=1S/C20H25N3O7/c1-3-11(2)18(20(28)21-8-17(25)26)22-19(27)12-6-16(24)23(9-12)13-4-5-14-15(7-13)30-10-29-14/h4-5,7,11-12,18H,3,6,8-10H2,1-2H3,(H,21,28)(H,22,27)(H,25,26). The van der Waals surface area contributed by atoms with E-state index >= 15 is 0 Å². The highest BCUT2D eigenvalue weighted by Gasteiger charge is 2.37. The molecule has 1 aromatic rings. The Labute approximate surface area is 173 Å². The zero-order valence-electron chi connectivity index (χ0n) is 16.8. The van der Waals surface area contributed by atoms with Crippen molar-refractivity contribution < 1.29 is 33.8 Å². The molecule has 10 nitrogen and oxygen atoms in total. The van der Waals surface area contributed by atoms with Crippen LogP contribution in [0.25, 0.3) is 0 Å². The van der Waals surface area contributed by atoms with Gasteiger partial charge in [0.15, 0.2) is 11.5 Å². The van der Waals surface area contributed by atoms with E-state index in [9.17, 15) is 19.2 Å². The minimum Gasteiger partial charge on any atom is -0.480 e. The van der Waals surface area contributed by atoms with E-state index in [0.29, 0.717) is 23.6 Å². The molecule has 3 N–H and O–H groups in total. The van der Waals surface area contributed by atoms with Gasteiger partial charge in [0, 0.05) is 24.7 Å². The van der Waals surface area contributed by atoms with Crippen molar-refractivity contribution in [3.63, 3.8) is 0 Å². The first-order valence-electron chi connectivity index (χ1n) is 9.80. The van der Waals surface area contributed by atoms with Crippen LogP contribution in [-0.4, -0.2) is 54.7 Å². The van der Waals surface area contributed by atoms with Gasteiger partial charge >= 0.3 is 5.97 Å². The lowest BCUT2D eigenvalue weighted by Gasteiger charge is -2.24. The lowest BCUT2D eigenvalue weighted by atomic mass is 9.97. The highest BCUT2D eigenvalue weighted by Crippen LogP contribution is 2.37. The molecule has 3 amide bonds. The number of fused-ring (bicyclic) bond motifs is 1. The summed E-state index contributed by atoms with van der Waals surface area (Å²) in [6.45, 7) is 3.44. The molecule has 30 heavy (non-hydrogen) atoms. The lowest BCUT2D eigenvalue weighted by Crippen LogP contribution is -2.52. The topological polar surface area (TPSA) is 134 Å². The predicted molar refractivity (Wildman–Crippen MR) is 105 cm³/mol. The van der Waals surface area contributed by atoms with Gasteiger partial charge in [-0.05, 0) is 18.1 Å². The first-order valence-corrected chi connectivity index (χ1v) is 9.80. The number of carbonyl (C=O) groups is 4. The number of hydrogen-bond donors (Lipinski definition) is 3. The highest BCUT2D eigenvalue weighted by molar-refractivity contribution is 6.01. The maximum Gasteiger partial charge on any atom is 0.322 e. The summed E-state index contributed by atoms with van der Waals surface area (Å²) in [5.41, 5.74) is 0.609. The molecule has 0 bridgehead atoms. The zero-order valence-corrected chi connectivity index (χ0v) is 16.8. The molecule has 1 fully saturated rings. The summed E-state index contributed by atoms with van der Waals surface area (Å²) in [6.07, 6.45) is 0.628. The number of ether oxygens (including phenoxy) is 2. The molecule has 162 valence electrons. The van der Waals surface area contributed by atoms with E-state index in [1.54, 1.807) is 25.1 Å². The van der Waals surface area contributed by atoms with Crippen LogP contribution < -0.4 is 25.0 Å². The molecule has 3 rings (SSSR count). The van der Waals surface area contributed by atoms with Gasteiger partial charge in [-0.2, -0.15) is 0 Å². The molecule has 1 aromatic carbocycles. The Balaban J connectivity index is 1.66. The monoisotopic (exact) mass is 419 g/mol. The van der Waals surface area contributed by atoms with Gasteiger partial charge in [0.25, 0.3) is 0 Å². The lowest BCUT2D eigenvalue weighted by molar-refractivity contribution is -0.138. The average Bonchev–Trinajstić information content (AvgIpc) is 3.35. The van der Waals surface area contributed by atoms with E-state index < -0.39 is 36.3 Å². The van der Waals surface area contributed by atoms with Crippen LogP contribution in [0.1, 0.15) is 26.7 Å². The SMILES string of the molecule is CCC(C)C(NC(=O)C1CC(=O)N(c2ccc3c(c2)OCO3)C1)C(=O)NCC(=O)O. The second kappa shape index (κ2) is 9.02. The number of carbonyl (C=O) groups excluding carboxylic acids is 3. The molecular formula is C20H25N3O7. The molecule has 2 heterocycles.